The first-order valence-electron chi connectivity index (χ1n) is 13.8. The predicted molar refractivity (Wildman–Crippen MR) is 162 cm³/mol. The summed E-state index contributed by atoms with van der Waals surface area (Å²) in [6.07, 6.45) is 3.69. The first-order valence-corrected chi connectivity index (χ1v) is 13.8. The van der Waals surface area contributed by atoms with Crippen LogP contribution in [0.5, 0.6) is 5.75 Å². The summed E-state index contributed by atoms with van der Waals surface area (Å²) in [6, 6.07) is 14.5. The van der Waals surface area contributed by atoms with Gasteiger partial charge in [0.1, 0.15) is 12.4 Å². The van der Waals surface area contributed by atoms with Crippen molar-refractivity contribution in [2.24, 2.45) is 0 Å². The lowest BCUT2D eigenvalue weighted by Gasteiger charge is -2.35. The van der Waals surface area contributed by atoms with Crippen LogP contribution in [0, 0.1) is 13.8 Å². The lowest BCUT2D eigenvalue weighted by molar-refractivity contribution is 0.112. The average molecular weight is 528 g/mol. The lowest BCUT2D eigenvalue weighted by Crippen LogP contribution is -2.48. The quantitative estimate of drug-likeness (QED) is 0.275. The van der Waals surface area contributed by atoms with Crippen molar-refractivity contribution in [1.82, 2.24) is 24.7 Å². The van der Waals surface area contributed by atoms with E-state index in [1.54, 1.807) is 6.20 Å². The van der Waals surface area contributed by atoms with Crippen LogP contribution in [0.15, 0.2) is 54.9 Å². The van der Waals surface area contributed by atoms with Crippen LogP contribution in [0.2, 0.25) is 0 Å². The number of hydrogen-bond donors (Lipinski definition) is 3. The van der Waals surface area contributed by atoms with Crippen molar-refractivity contribution in [3.63, 3.8) is 0 Å². The van der Waals surface area contributed by atoms with E-state index in [9.17, 15) is 0 Å². The molecule has 1 aliphatic rings. The number of nitrogen functional groups attached to an aromatic ring is 1. The number of aromatic amines is 1. The number of aromatic nitrogens is 2. The Hall–Kier alpha value is -3.59. The minimum atomic E-state index is 0.617. The zero-order valence-corrected chi connectivity index (χ0v) is 23.6. The number of anilines is 3. The van der Waals surface area contributed by atoms with Crippen LogP contribution in [0.25, 0.3) is 22.0 Å². The van der Waals surface area contributed by atoms with Gasteiger partial charge in [0.15, 0.2) is 0 Å². The molecular formula is C31H41N7O. The Balaban J connectivity index is 1.22. The fourth-order valence-corrected chi connectivity index (χ4v) is 5.25. The summed E-state index contributed by atoms with van der Waals surface area (Å²) in [5.74, 6) is 0.876. The summed E-state index contributed by atoms with van der Waals surface area (Å²) in [5.41, 5.74) is 14.2. The number of fused-ring (bicyclic) bond motifs is 1. The molecule has 2 aromatic heterocycles. The minimum absolute atomic E-state index is 0.617. The topological polar surface area (TPSA) is 85.7 Å². The van der Waals surface area contributed by atoms with E-state index >= 15 is 0 Å². The van der Waals surface area contributed by atoms with Gasteiger partial charge in [-0.1, -0.05) is 12.1 Å². The zero-order valence-electron chi connectivity index (χ0n) is 23.6. The molecule has 1 fully saturated rings. The molecule has 3 heterocycles. The fourth-order valence-electron chi connectivity index (χ4n) is 5.25. The average Bonchev–Trinajstić information content (AvgIpc) is 3.42. The highest BCUT2D eigenvalue weighted by atomic mass is 16.5. The molecule has 8 nitrogen and oxygen atoms in total. The molecule has 4 aromatic rings. The molecule has 8 heteroatoms. The van der Waals surface area contributed by atoms with Crippen LogP contribution >= 0.6 is 0 Å². The molecule has 0 saturated carbocycles. The van der Waals surface area contributed by atoms with Crippen LogP contribution in [-0.4, -0.2) is 91.2 Å². The first kappa shape index (κ1) is 27.0. The zero-order chi connectivity index (χ0) is 27.4. The van der Waals surface area contributed by atoms with E-state index in [-0.39, 0.29) is 0 Å². The molecule has 0 spiro atoms. The van der Waals surface area contributed by atoms with E-state index in [2.05, 4.69) is 81.3 Å². The number of ether oxygens (including phenoxy) is 1. The maximum absolute atomic E-state index is 6.46. The molecule has 39 heavy (non-hydrogen) atoms. The molecule has 0 aliphatic carbocycles. The molecule has 5 rings (SSSR count). The summed E-state index contributed by atoms with van der Waals surface area (Å²) >= 11 is 0. The van der Waals surface area contributed by atoms with Gasteiger partial charge in [-0.15, -0.1) is 0 Å². The molecule has 4 N–H and O–H groups in total. The third-order valence-corrected chi connectivity index (χ3v) is 7.71. The van der Waals surface area contributed by atoms with Crippen LogP contribution in [0.3, 0.4) is 0 Å². The van der Waals surface area contributed by atoms with Crippen LogP contribution in [0.1, 0.15) is 11.3 Å². The van der Waals surface area contributed by atoms with Gasteiger partial charge in [-0.3, -0.25) is 14.8 Å². The highest BCUT2D eigenvalue weighted by molar-refractivity contribution is 5.94. The second kappa shape index (κ2) is 12.1. The number of pyridine rings is 1. The number of aryl methyl sites for hydroxylation is 2. The second-order valence-corrected chi connectivity index (χ2v) is 10.7. The van der Waals surface area contributed by atoms with E-state index in [0.29, 0.717) is 12.3 Å². The largest absolute Gasteiger partial charge is 0.492 e. The molecule has 206 valence electrons. The summed E-state index contributed by atoms with van der Waals surface area (Å²) in [7, 11) is 4.27. The molecule has 0 atom stereocenters. The van der Waals surface area contributed by atoms with Crippen molar-refractivity contribution < 1.29 is 4.74 Å². The van der Waals surface area contributed by atoms with E-state index in [4.69, 9.17) is 10.5 Å². The van der Waals surface area contributed by atoms with Gasteiger partial charge in [0.05, 0.1) is 17.6 Å². The number of hydrogen-bond acceptors (Lipinski definition) is 7. The van der Waals surface area contributed by atoms with E-state index < -0.39 is 0 Å². The van der Waals surface area contributed by atoms with Gasteiger partial charge < -0.3 is 25.7 Å². The molecule has 0 unspecified atom stereocenters. The number of piperazine rings is 1. The number of benzene rings is 2. The molecule has 1 saturated heterocycles. The molecule has 0 radical (unpaired) electrons. The summed E-state index contributed by atoms with van der Waals surface area (Å²) in [4.78, 5) is 15.1. The highest BCUT2D eigenvalue weighted by Gasteiger charge is 2.17. The Bertz CT molecular complexity index is 1390. The van der Waals surface area contributed by atoms with Gasteiger partial charge in [0.2, 0.25) is 0 Å². The van der Waals surface area contributed by atoms with Crippen LogP contribution in [0.4, 0.5) is 17.1 Å². The third-order valence-electron chi connectivity index (χ3n) is 7.71. The van der Waals surface area contributed by atoms with Crippen molar-refractivity contribution in [3.05, 3.63) is 66.1 Å². The van der Waals surface area contributed by atoms with E-state index in [1.165, 1.54) is 10.9 Å². The lowest BCUT2D eigenvalue weighted by atomic mass is 10.0. The van der Waals surface area contributed by atoms with Gasteiger partial charge in [0.25, 0.3) is 0 Å². The van der Waals surface area contributed by atoms with Gasteiger partial charge in [-0.05, 0) is 69.4 Å². The maximum atomic E-state index is 6.46. The number of likely N-dealkylation sites (N-methyl/N-ethyl adjacent to an activating group) is 1. The first-order chi connectivity index (χ1) is 18.9. The summed E-state index contributed by atoms with van der Waals surface area (Å²) in [6.45, 7) is 12.5. The number of nitrogens with two attached hydrogens (primary N) is 1. The molecule has 2 aromatic carbocycles. The second-order valence-electron chi connectivity index (χ2n) is 10.7. The third kappa shape index (κ3) is 6.36. The van der Waals surface area contributed by atoms with Crippen molar-refractivity contribution >= 4 is 28.0 Å². The minimum Gasteiger partial charge on any atom is -0.492 e. The number of H-pyrrole nitrogens is 1. The standard InChI is InChI=1S/C31H41N7O/c1-22-26-11-12-33-29(26)10-9-28(22)35-31-27(32)21-34-23(2)30(31)24-5-7-25(8-6-24)39-20-19-38-17-15-37(16-18-38)14-13-36(3)4/h5-12,21,33H,13-20,32H2,1-4H3,(H,34,35). The Labute approximate surface area is 231 Å². The molecule has 1 aliphatic heterocycles. The Kier molecular flexibility index (Phi) is 8.35. The normalized spacial score (nSPS) is 14.8. The van der Waals surface area contributed by atoms with Crippen molar-refractivity contribution in [2.45, 2.75) is 13.8 Å². The summed E-state index contributed by atoms with van der Waals surface area (Å²) < 4.78 is 6.11. The van der Waals surface area contributed by atoms with Gasteiger partial charge in [-0.25, -0.2) is 0 Å². The fraction of sp³-hybridized carbons (Fsp3) is 0.387. The van der Waals surface area contributed by atoms with Crippen molar-refractivity contribution in [2.75, 3.05) is 77.6 Å². The monoisotopic (exact) mass is 527 g/mol. The number of nitrogens with one attached hydrogen (secondary N) is 2. The van der Waals surface area contributed by atoms with E-state index in [1.807, 2.05) is 25.3 Å². The van der Waals surface area contributed by atoms with Crippen molar-refractivity contribution in [1.29, 1.82) is 0 Å². The smallest absolute Gasteiger partial charge is 0.119 e. The predicted octanol–water partition coefficient (Wildman–Crippen LogP) is 4.73. The molecular weight excluding hydrogens is 486 g/mol. The highest BCUT2D eigenvalue weighted by Crippen LogP contribution is 2.38. The molecule has 0 amide bonds. The van der Waals surface area contributed by atoms with E-state index in [0.717, 1.165) is 85.3 Å². The SMILES string of the molecule is Cc1ncc(N)c(Nc2ccc3[nH]ccc3c2C)c1-c1ccc(OCCN2CCN(CCN(C)C)CC2)cc1. The molecule has 0 bridgehead atoms. The Morgan fingerprint density at radius 2 is 1.69 bits per heavy atom. The van der Waals surface area contributed by atoms with Gasteiger partial charge >= 0.3 is 0 Å². The summed E-state index contributed by atoms with van der Waals surface area (Å²) in [5, 5.41) is 4.80. The van der Waals surface area contributed by atoms with Crippen molar-refractivity contribution in [3.8, 4) is 16.9 Å². The van der Waals surface area contributed by atoms with Gasteiger partial charge in [0, 0.05) is 79.9 Å². The Morgan fingerprint density at radius 3 is 2.41 bits per heavy atom. The number of nitrogens with zero attached hydrogens (tertiary/aromatic N) is 4. The van der Waals surface area contributed by atoms with Gasteiger partial charge in [-0.2, -0.15) is 0 Å². The Morgan fingerprint density at radius 1 is 0.974 bits per heavy atom. The maximum Gasteiger partial charge on any atom is 0.119 e. The van der Waals surface area contributed by atoms with Crippen LogP contribution in [-0.2, 0) is 0 Å². The van der Waals surface area contributed by atoms with Crippen LogP contribution < -0.4 is 15.8 Å². The number of rotatable bonds is 10.